The first-order valence-corrected chi connectivity index (χ1v) is 11.4. The van der Waals surface area contributed by atoms with Crippen LogP contribution in [0.1, 0.15) is 23.6 Å². The van der Waals surface area contributed by atoms with Crippen molar-refractivity contribution in [2.24, 2.45) is 0 Å². The van der Waals surface area contributed by atoms with Crippen molar-refractivity contribution in [1.29, 1.82) is 0 Å². The summed E-state index contributed by atoms with van der Waals surface area (Å²) in [5.74, 6) is -0.331. The van der Waals surface area contributed by atoms with Crippen molar-refractivity contribution in [3.05, 3.63) is 69.7 Å². The van der Waals surface area contributed by atoms with Crippen molar-refractivity contribution in [2.75, 3.05) is 40.3 Å². The second kappa shape index (κ2) is 11.1. The van der Waals surface area contributed by atoms with Gasteiger partial charge in [-0.3, -0.25) is 14.5 Å². The second-order valence-corrected chi connectivity index (χ2v) is 9.18. The van der Waals surface area contributed by atoms with E-state index in [1.165, 1.54) is 4.90 Å². The predicted octanol–water partition coefficient (Wildman–Crippen LogP) is 3.26. The van der Waals surface area contributed by atoms with Crippen molar-refractivity contribution < 1.29 is 14.7 Å². The fraction of sp³-hybridized carbons (Fsp3) is 0.417. The quantitative estimate of drug-likeness (QED) is 0.633. The van der Waals surface area contributed by atoms with Crippen LogP contribution < -0.4 is 0 Å². The number of hydrogen-bond donors (Lipinski definition) is 1. The minimum Gasteiger partial charge on any atom is -0.392 e. The summed E-state index contributed by atoms with van der Waals surface area (Å²) in [5, 5.41) is 10.8. The third-order valence-corrected chi connectivity index (χ3v) is 6.44. The Kier molecular flexibility index (Phi) is 8.54. The molecule has 2 aromatic carbocycles. The molecule has 2 aromatic rings. The lowest BCUT2D eigenvalue weighted by Crippen LogP contribution is -2.46. The average molecular weight is 478 g/mol. The number of hydrogen-bond acceptors (Lipinski definition) is 4. The molecule has 2 atom stereocenters. The first-order valence-electron chi connectivity index (χ1n) is 10.6. The molecular formula is C24H29Cl2N3O3. The third-order valence-electron chi connectivity index (χ3n) is 5.70. The first kappa shape index (κ1) is 24.5. The maximum atomic E-state index is 13.5. The topological polar surface area (TPSA) is 64.1 Å². The van der Waals surface area contributed by atoms with E-state index >= 15 is 0 Å². The number of carbonyl (C=O) groups is 2. The van der Waals surface area contributed by atoms with E-state index < -0.39 is 0 Å². The number of aliphatic hydroxyl groups excluding tert-OH is 1. The number of rotatable bonds is 8. The Morgan fingerprint density at radius 3 is 2.41 bits per heavy atom. The molecule has 172 valence electrons. The van der Waals surface area contributed by atoms with Crippen LogP contribution in [0.4, 0.5) is 0 Å². The zero-order valence-electron chi connectivity index (χ0n) is 18.4. The Bertz CT molecular complexity index is 939. The van der Waals surface area contributed by atoms with E-state index in [2.05, 4.69) is 4.90 Å². The molecule has 1 saturated heterocycles. The maximum Gasteiger partial charge on any atom is 0.241 e. The molecule has 6 nitrogen and oxygen atoms in total. The van der Waals surface area contributed by atoms with E-state index in [0.717, 1.165) is 17.7 Å². The van der Waals surface area contributed by atoms with Gasteiger partial charge in [0.1, 0.15) is 6.54 Å². The summed E-state index contributed by atoms with van der Waals surface area (Å²) in [6.45, 7) is 1.80. The summed E-state index contributed by atoms with van der Waals surface area (Å²) in [6.07, 6.45) is 0.439. The van der Waals surface area contributed by atoms with E-state index in [9.17, 15) is 14.7 Å². The van der Waals surface area contributed by atoms with Crippen LogP contribution in [-0.2, 0) is 16.0 Å². The largest absolute Gasteiger partial charge is 0.392 e. The molecule has 0 aliphatic carbocycles. The van der Waals surface area contributed by atoms with Crippen LogP contribution in [0.5, 0.6) is 0 Å². The lowest BCUT2D eigenvalue weighted by Gasteiger charge is -2.35. The van der Waals surface area contributed by atoms with Crippen LogP contribution in [0.3, 0.4) is 0 Å². The summed E-state index contributed by atoms with van der Waals surface area (Å²) >= 11 is 12.2. The van der Waals surface area contributed by atoms with Crippen LogP contribution in [0, 0.1) is 0 Å². The number of likely N-dealkylation sites (N-methyl/N-ethyl adjacent to an activating group) is 1. The van der Waals surface area contributed by atoms with Crippen molar-refractivity contribution in [1.82, 2.24) is 14.7 Å². The van der Waals surface area contributed by atoms with Gasteiger partial charge in [-0.25, -0.2) is 0 Å². The lowest BCUT2D eigenvalue weighted by molar-refractivity contribution is -0.141. The monoisotopic (exact) mass is 477 g/mol. The second-order valence-electron chi connectivity index (χ2n) is 8.36. The van der Waals surface area contributed by atoms with Gasteiger partial charge in [0.25, 0.3) is 0 Å². The molecule has 2 amide bonds. The Balaban J connectivity index is 1.92. The highest BCUT2D eigenvalue weighted by Crippen LogP contribution is 2.27. The minimum atomic E-state index is -0.366. The van der Waals surface area contributed by atoms with Crippen molar-refractivity contribution in [2.45, 2.75) is 25.0 Å². The van der Waals surface area contributed by atoms with Crippen LogP contribution >= 0.6 is 23.2 Å². The summed E-state index contributed by atoms with van der Waals surface area (Å²) < 4.78 is 0. The number of β-amino-alcohol motifs (C(OH)–C–C–N with tert-alkyl or cyclic N) is 1. The molecular weight excluding hydrogens is 449 g/mol. The fourth-order valence-corrected chi connectivity index (χ4v) is 4.19. The molecule has 1 aliphatic heterocycles. The predicted molar refractivity (Wildman–Crippen MR) is 127 cm³/mol. The molecule has 1 heterocycles. The van der Waals surface area contributed by atoms with Gasteiger partial charge < -0.3 is 14.9 Å². The molecule has 0 spiro atoms. The van der Waals surface area contributed by atoms with E-state index in [1.54, 1.807) is 37.2 Å². The highest BCUT2D eigenvalue weighted by atomic mass is 35.5. The van der Waals surface area contributed by atoms with Gasteiger partial charge in [0.15, 0.2) is 0 Å². The number of aliphatic hydroxyl groups is 1. The summed E-state index contributed by atoms with van der Waals surface area (Å²) in [4.78, 5) is 31.5. The molecule has 8 heteroatoms. The fourth-order valence-electron chi connectivity index (χ4n) is 3.87. The van der Waals surface area contributed by atoms with Gasteiger partial charge >= 0.3 is 0 Å². The molecule has 3 rings (SSSR count). The highest BCUT2D eigenvalue weighted by molar-refractivity contribution is 6.42. The Morgan fingerprint density at radius 2 is 1.81 bits per heavy atom. The van der Waals surface area contributed by atoms with E-state index in [-0.39, 0.29) is 36.9 Å². The highest BCUT2D eigenvalue weighted by Gasteiger charge is 2.31. The standard InChI is InChI=1S/C24H29Cl2N3O3/c1-27(2)24(32)16-29(23(31)13-17-8-9-20(25)21(26)12-17)22(18-6-4-3-5-7-18)15-28-11-10-19(30)14-28/h3-9,12,19,22,30H,10-11,13-16H2,1-2H3/t19-,22+/m0/s1. The van der Waals surface area contributed by atoms with Gasteiger partial charge in [-0.1, -0.05) is 59.6 Å². The molecule has 0 bridgehead atoms. The third kappa shape index (κ3) is 6.45. The van der Waals surface area contributed by atoms with Gasteiger partial charge in [-0.2, -0.15) is 0 Å². The van der Waals surface area contributed by atoms with Crippen LogP contribution in [-0.4, -0.2) is 78.0 Å². The number of halogens is 2. The molecule has 32 heavy (non-hydrogen) atoms. The average Bonchev–Trinajstić information content (AvgIpc) is 3.18. The van der Waals surface area contributed by atoms with Crippen molar-refractivity contribution in [3.63, 3.8) is 0 Å². The molecule has 1 N–H and O–H groups in total. The number of likely N-dealkylation sites (tertiary alicyclic amines) is 1. The lowest BCUT2D eigenvalue weighted by atomic mass is 10.0. The first-order chi connectivity index (χ1) is 15.2. The molecule has 0 unspecified atom stereocenters. The molecule has 1 aliphatic rings. The molecule has 0 saturated carbocycles. The summed E-state index contributed by atoms with van der Waals surface area (Å²) in [6, 6.07) is 14.5. The Labute approximate surface area is 199 Å². The maximum absolute atomic E-state index is 13.5. The molecule has 0 radical (unpaired) electrons. The zero-order valence-corrected chi connectivity index (χ0v) is 19.9. The van der Waals surface area contributed by atoms with E-state index in [4.69, 9.17) is 23.2 Å². The molecule has 1 fully saturated rings. The van der Waals surface area contributed by atoms with Crippen LogP contribution in [0.15, 0.2) is 48.5 Å². The zero-order chi connectivity index (χ0) is 23.3. The van der Waals surface area contributed by atoms with Gasteiger partial charge in [0.05, 0.1) is 28.6 Å². The minimum absolute atomic E-state index is 0.0386. The van der Waals surface area contributed by atoms with Crippen LogP contribution in [0.2, 0.25) is 10.0 Å². The smallest absolute Gasteiger partial charge is 0.241 e. The number of benzene rings is 2. The summed E-state index contributed by atoms with van der Waals surface area (Å²) in [5.41, 5.74) is 1.68. The van der Waals surface area contributed by atoms with Gasteiger partial charge in [-0.15, -0.1) is 0 Å². The number of amides is 2. The van der Waals surface area contributed by atoms with Crippen molar-refractivity contribution >= 4 is 35.0 Å². The van der Waals surface area contributed by atoms with Gasteiger partial charge in [0.2, 0.25) is 11.8 Å². The number of carbonyl (C=O) groups excluding carboxylic acids is 2. The van der Waals surface area contributed by atoms with Crippen LogP contribution in [0.25, 0.3) is 0 Å². The van der Waals surface area contributed by atoms with Gasteiger partial charge in [0, 0.05) is 33.7 Å². The van der Waals surface area contributed by atoms with Crippen molar-refractivity contribution in [3.8, 4) is 0 Å². The number of nitrogens with zero attached hydrogens (tertiary/aromatic N) is 3. The Morgan fingerprint density at radius 1 is 1.09 bits per heavy atom. The van der Waals surface area contributed by atoms with Gasteiger partial charge in [-0.05, 0) is 29.7 Å². The Hall–Kier alpha value is -2.12. The summed E-state index contributed by atoms with van der Waals surface area (Å²) in [7, 11) is 3.36. The SMILES string of the molecule is CN(C)C(=O)CN(C(=O)Cc1ccc(Cl)c(Cl)c1)[C@H](CN1CC[C@H](O)C1)c1ccccc1. The van der Waals surface area contributed by atoms with E-state index in [0.29, 0.717) is 29.6 Å². The normalized spacial score (nSPS) is 17.2. The van der Waals surface area contributed by atoms with E-state index in [1.807, 2.05) is 30.3 Å². The molecule has 0 aromatic heterocycles.